The molecule has 0 aliphatic carbocycles. The molecule has 5 nitrogen and oxygen atoms in total. The van der Waals surface area contributed by atoms with Crippen LogP contribution < -0.4 is 16.2 Å². The molecule has 0 amide bonds. The number of benzene rings is 1. The van der Waals surface area contributed by atoms with E-state index in [0.717, 1.165) is 11.1 Å². The Morgan fingerprint density at radius 2 is 2.17 bits per heavy atom. The van der Waals surface area contributed by atoms with Crippen molar-refractivity contribution in [1.29, 1.82) is 0 Å². The van der Waals surface area contributed by atoms with E-state index in [1.807, 2.05) is 0 Å². The van der Waals surface area contributed by atoms with Gasteiger partial charge in [-0.1, -0.05) is 0 Å². The lowest BCUT2D eigenvalue weighted by molar-refractivity contribution is -0.0172. The van der Waals surface area contributed by atoms with E-state index in [-0.39, 0.29) is 42.5 Å². The number of nitrogens with zero attached hydrogens (tertiary/aromatic N) is 1. The third kappa shape index (κ3) is 3.70. The maximum atomic E-state index is 13.3. The fourth-order valence-corrected chi connectivity index (χ4v) is 1.75. The van der Waals surface area contributed by atoms with Gasteiger partial charge < -0.3 is 20.9 Å². The quantitative estimate of drug-likeness (QED) is 0.477. The zero-order chi connectivity index (χ0) is 12.3. The van der Waals surface area contributed by atoms with Crippen LogP contribution in [-0.4, -0.2) is 19.3 Å². The minimum Gasteiger partial charge on any atom is -0.467 e. The monoisotopic (exact) mass is 367 g/mol. The molecule has 0 spiro atoms. The highest BCUT2D eigenvalue weighted by molar-refractivity contribution is 14.0. The van der Waals surface area contributed by atoms with E-state index in [4.69, 9.17) is 20.9 Å². The Morgan fingerprint density at radius 1 is 1.39 bits per heavy atom. The van der Waals surface area contributed by atoms with Crippen LogP contribution in [0.25, 0.3) is 0 Å². The smallest absolute Gasteiger partial charge is 0.189 e. The molecule has 1 aromatic carbocycles. The molecule has 1 aromatic rings. The SMILES string of the molecule is I.NC(N)=NCCc1cc(F)cc2c1OCOC2. The molecule has 0 bridgehead atoms. The Bertz CT molecular complexity index is 450. The van der Waals surface area contributed by atoms with Gasteiger partial charge in [-0.05, 0) is 24.1 Å². The molecular formula is C11H15FIN3O2. The summed E-state index contributed by atoms with van der Waals surface area (Å²) in [6, 6.07) is 2.85. The number of guanidine groups is 1. The lowest BCUT2D eigenvalue weighted by atomic mass is 10.1. The molecule has 7 heteroatoms. The van der Waals surface area contributed by atoms with Gasteiger partial charge in [-0.25, -0.2) is 4.39 Å². The van der Waals surface area contributed by atoms with Crippen LogP contribution in [0.3, 0.4) is 0 Å². The first-order valence-corrected chi connectivity index (χ1v) is 5.24. The van der Waals surface area contributed by atoms with Crippen molar-refractivity contribution in [2.75, 3.05) is 13.3 Å². The zero-order valence-corrected chi connectivity index (χ0v) is 12.0. The topological polar surface area (TPSA) is 82.9 Å². The van der Waals surface area contributed by atoms with Crippen LogP contribution in [-0.2, 0) is 17.8 Å². The van der Waals surface area contributed by atoms with E-state index in [9.17, 15) is 4.39 Å². The summed E-state index contributed by atoms with van der Waals surface area (Å²) in [5.41, 5.74) is 11.9. The first-order chi connectivity index (χ1) is 8.16. The van der Waals surface area contributed by atoms with Crippen molar-refractivity contribution in [1.82, 2.24) is 0 Å². The van der Waals surface area contributed by atoms with Crippen LogP contribution in [0, 0.1) is 5.82 Å². The molecule has 0 unspecified atom stereocenters. The molecule has 0 fully saturated rings. The van der Waals surface area contributed by atoms with Gasteiger partial charge in [-0.3, -0.25) is 4.99 Å². The van der Waals surface area contributed by atoms with Gasteiger partial charge in [0.05, 0.1) is 6.61 Å². The summed E-state index contributed by atoms with van der Waals surface area (Å²) in [5, 5.41) is 0. The van der Waals surface area contributed by atoms with Crippen LogP contribution in [0.4, 0.5) is 4.39 Å². The largest absolute Gasteiger partial charge is 0.467 e. The summed E-state index contributed by atoms with van der Waals surface area (Å²) < 4.78 is 23.8. The van der Waals surface area contributed by atoms with Crippen molar-refractivity contribution >= 4 is 29.9 Å². The first kappa shape index (κ1) is 15.0. The summed E-state index contributed by atoms with van der Waals surface area (Å²) in [4.78, 5) is 3.86. The summed E-state index contributed by atoms with van der Waals surface area (Å²) in [5.74, 6) is 0.403. The number of fused-ring (bicyclic) bond motifs is 1. The lowest BCUT2D eigenvalue weighted by Gasteiger charge is -2.20. The Balaban J connectivity index is 0.00000162. The summed E-state index contributed by atoms with van der Waals surface area (Å²) in [6.45, 7) is 0.957. The van der Waals surface area contributed by atoms with E-state index in [2.05, 4.69) is 4.99 Å². The average Bonchev–Trinajstić information content (AvgIpc) is 2.28. The molecule has 1 aliphatic rings. The molecule has 1 heterocycles. The van der Waals surface area contributed by atoms with Crippen molar-refractivity contribution in [2.45, 2.75) is 13.0 Å². The molecule has 0 atom stereocenters. The minimum atomic E-state index is -0.308. The van der Waals surface area contributed by atoms with Crippen LogP contribution >= 0.6 is 24.0 Å². The second-order valence-corrected chi connectivity index (χ2v) is 3.72. The van der Waals surface area contributed by atoms with Crippen molar-refractivity contribution in [3.05, 3.63) is 29.1 Å². The highest BCUT2D eigenvalue weighted by atomic mass is 127. The highest BCUT2D eigenvalue weighted by Gasteiger charge is 2.16. The lowest BCUT2D eigenvalue weighted by Crippen LogP contribution is -2.23. The van der Waals surface area contributed by atoms with Gasteiger partial charge in [0, 0.05) is 12.1 Å². The molecule has 18 heavy (non-hydrogen) atoms. The van der Waals surface area contributed by atoms with E-state index in [0.29, 0.717) is 25.3 Å². The summed E-state index contributed by atoms with van der Waals surface area (Å²) in [6.07, 6.45) is 0.526. The Hall–Kier alpha value is -1.09. The number of halogens is 2. The van der Waals surface area contributed by atoms with E-state index < -0.39 is 0 Å². The third-order valence-electron chi connectivity index (χ3n) is 2.43. The Kier molecular flexibility index (Phi) is 5.60. The van der Waals surface area contributed by atoms with E-state index in [1.165, 1.54) is 12.1 Å². The normalized spacial score (nSPS) is 12.9. The molecule has 2 rings (SSSR count). The second kappa shape index (κ2) is 6.74. The van der Waals surface area contributed by atoms with Gasteiger partial charge in [-0.15, -0.1) is 24.0 Å². The van der Waals surface area contributed by atoms with E-state index >= 15 is 0 Å². The molecular weight excluding hydrogens is 352 g/mol. The number of rotatable bonds is 3. The van der Waals surface area contributed by atoms with Crippen LogP contribution in [0.1, 0.15) is 11.1 Å². The standard InChI is InChI=1S/C11H14FN3O2.HI/c12-9-3-7(1-2-15-11(13)14)10-8(4-9)5-16-6-17-10;/h3-4H,1-2,5-6H2,(H4,13,14,15);1H. The minimum absolute atomic E-state index is 0. The maximum Gasteiger partial charge on any atom is 0.189 e. The maximum absolute atomic E-state index is 13.3. The number of aliphatic imine (C=N–C) groups is 1. The molecule has 0 aromatic heterocycles. The van der Waals surface area contributed by atoms with Crippen LogP contribution in [0.5, 0.6) is 5.75 Å². The van der Waals surface area contributed by atoms with Crippen molar-refractivity contribution in [2.24, 2.45) is 16.5 Å². The summed E-state index contributed by atoms with van der Waals surface area (Å²) in [7, 11) is 0. The van der Waals surface area contributed by atoms with Crippen molar-refractivity contribution in [3.63, 3.8) is 0 Å². The van der Waals surface area contributed by atoms with Gasteiger partial charge in [0.2, 0.25) is 0 Å². The van der Waals surface area contributed by atoms with Gasteiger partial charge in [-0.2, -0.15) is 0 Å². The van der Waals surface area contributed by atoms with Gasteiger partial charge in [0.15, 0.2) is 12.8 Å². The third-order valence-corrected chi connectivity index (χ3v) is 2.43. The molecule has 0 radical (unpaired) electrons. The zero-order valence-electron chi connectivity index (χ0n) is 9.69. The Labute approximate surface area is 121 Å². The Morgan fingerprint density at radius 3 is 2.89 bits per heavy atom. The summed E-state index contributed by atoms with van der Waals surface area (Å²) >= 11 is 0. The molecule has 4 N–H and O–H groups in total. The molecule has 0 saturated carbocycles. The van der Waals surface area contributed by atoms with Crippen LogP contribution in [0.2, 0.25) is 0 Å². The number of hydrogen-bond acceptors (Lipinski definition) is 3. The second-order valence-electron chi connectivity index (χ2n) is 3.72. The fraction of sp³-hybridized carbons (Fsp3) is 0.364. The fourth-order valence-electron chi connectivity index (χ4n) is 1.75. The molecule has 100 valence electrons. The van der Waals surface area contributed by atoms with Crippen molar-refractivity contribution in [3.8, 4) is 5.75 Å². The van der Waals surface area contributed by atoms with Crippen LogP contribution in [0.15, 0.2) is 17.1 Å². The predicted octanol–water partition coefficient (Wildman–Crippen LogP) is 1.13. The number of hydrogen-bond donors (Lipinski definition) is 2. The van der Waals surface area contributed by atoms with Gasteiger partial charge >= 0.3 is 0 Å². The van der Waals surface area contributed by atoms with Gasteiger partial charge in [0.25, 0.3) is 0 Å². The first-order valence-electron chi connectivity index (χ1n) is 5.24. The average molecular weight is 367 g/mol. The highest BCUT2D eigenvalue weighted by Crippen LogP contribution is 2.29. The van der Waals surface area contributed by atoms with E-state index in [1.54, 1.807) is 0 Å². The molecule has 1 aliphatic heterocycles. The number of nitrogens with two attached hydrogens (primary N) is 2. The van der Waals surface area contributed by atoms with Crippen molar-refractivity contribution < 1.29 is 13.9 Å². The number of ether oxygens (including phenoxy) is 2. The van der Waals surface area contributed by atoms with Gasteiger partial charge in [0.1, 0.15) is 11.6 Å². The predicted molar refractivity (Wildman–Crippen MR) is 76.5 cm³/mol. The molecule has 0 saturated heterocycles.